The number of hydrogen-bond acceptors (Lipinski definition) is 2. The van der Waals surface area contributed by atoms with E-state index in [1.807, 2.05) is 0 Å². The van der Waals surface area contributed by atoms with Crippen LogP contribution in [0.25, 0.3) is 0 Å². The van der Waals surface area contributed by atoms with Crippen LogP contribution in [0.2, 0.25) is 0 Å². The molecule has 0 spiro atoms. The minimum Gasteiger partial charge on any atom is -0.330 e. The number of hydrogen-bond donors (Lipinski definition) is 2. The average molecular weight is 243 g/mol. The third kappa shape index (κ3) is 6.07. The van der Waals surface area contributed by atoms with Crippen LogP contribution in [0.1, 0.15) is 26.7 Å². The fourth-order valence-corrected chi connectivity index (χ4v) is 1.46. The van der Waals surface area contributed by atoms with E-state index < -0.39 is 0 Å². The highest BCUT2D eigenvalue weighted by atomic mass is 35.5. The second kappa shape index (κ2) is 7.75. The van der Waals surface area contributed by atoms with Gasteiger partial charge in [-0.15, -0.1) is 24.8 Å². The van der Waals surface area contributed by atoms with Crippen LogP contribution in [0.4, 0.5) is 0 Å². The first kappa shape index (κ1) is 16.9. The van der Waals surface area contributed by atoms with Gasteiger partial charge in [-0.25, -0.2) is 0 Å². The summed E-state index contributed by atoms with van der Waals surface area (Å²) in [5, 5.41) is 0. The fourth-order valence-electron chi connectivity index (χ4n) is 1.46. The van der Waals surface area contributed by atoms with Gasteiger partial charge in [-0.2, -0.15) is 0 Å². The molecular formula is C10H24Cl2N2. The van der Waals surface area contributed by atoms with Crippen molar-refractivity contribution in [2.75, 3.05) is 13.1 Å². The molecule has 88 valence electrons. The quantitative estimate of drug-likeness (QED) is 0.779. The Balaban J connectivity index is 0. The van der Waals surface area contributed by atoms with Crippen LogP contribution in [0, 0.1) is 23.7 Å². The highest BCUT2D eigenvalue weighted by Gasteiger charge is 2.30. The highest BCUT2D eigenvalue weighted by molar-refractivity contribution is 5.85. The summed E-state index contributed by atoms with van der Waals surface area (Å²) >= 11 is 0. The lowest BCUT2D eigenvalue weighted by molar-refractivity contribution is 0.761. The third-order valence-corrected chi connectivity index (χ3v) is 3.16. The molecule has 0 aromatic heterocycles. The molecule has 0 saturated heterocycles. The van der Waals surface area contributed by atoms with Gasteiger partial charge in [0.15, 0.2) is 0 Å². The van der Waals surface area contributed by atoms with Gasteiger partial charge in [0.2, 0.25) is 0 Å². The van der Waals surface area contributed by atoms with Crippen molar-refractivity contribution in [3.63, 3.8) is 0 Å². The van der Waals surface area contributed by atoms with Crippen LogP contribution in [-0.2, 0) is 0 Å². The Hall–Kier alpha value is 0.500. The van der Waals surface area contributed by atoms with E-state index in [1.54, 1.807) is 0 Å². The van der Waals surface area contributed by atoms with Gasteiger partial charge in [-0.3, -0.25) is 0 Å². The maximum absolute atomic E-state index is 5.32. The monoisotopic (exact) mass is 242 g/mol. The molecule has 4 heteroatoms. The van der Waals surface area contributed by atoms with Gasteiger partial charge in [0.05, 0.1) is 0 Å². The van der Waals surface area contributed by atoms with Gasteiger partial charge in [-0.1, -0.05) is 13.8 Å². The molecule has 2 rings (SSSR count). The molecule has 0 amide bonds. The highest BCUT2D eigenvalue weighted by Crippen LogP contribution is 2.36. The Bertz CT molecular complexity index is 124. The zero-order valence-corrected chi connectivity index (χ0v) is 10.7. The van der Waals surface area contributed by atoms with Gasteiger partial charge in [0.25, 0.3) is 0 Å². The van der Waals surface area contributed by atoms with Gasteiger partial charge in [0, 0.05) is 0 Å². The maximum Gasteiger partial charge on any atom is -0.00462 e. The fraction of sp³-hybridized carbons (Fsp3) is 1.00. The molecule has 4 N–H and O–H groups in total. The minimum atomic E-state index is 0. The lowest BCUT2D eigenvalue weighted by Crippen LogP contribution is -2.00. The van der Waals surface area contributed by atoms with Crippen molar-refractivity contribution in [2.45, 2.75) is 26.7 Å². The molecule has 0 aromatic carbocycles. The molecule has 0 heterocycles. The normalized spacial score (nSPS) is 36.9. The molecule has 0 radical (unpaired) electrons. The molecule has 0 bridgehead atoms. The molecule has 0 aromatic rings. The van der Waals surface area contributed by atoms with Crippen LogP contribution in [0.3, 0.4) is 0 Å². The molecule has 0 aliphatic heterocycles. The molecule has 2 saturated carbocycles. The predicted octanol–water partition coefficient (Wildman–Crippen LogP) is 2.05. The van der Waals surface area contributed by atoms with E-state index in [0.717, 1.165) is 36.8 Å². The second-order valence-electron chi connectivity index (χ2n) is 4.42. The van der Waals surface area contributed by atoms with Crippen molar-refractivity contribution in [1.82, 2.24) is 0 Å². The second-order valence-corrected chi connectivity index (χ2v) is 4.42. The summed E-state index contributed by atoms with van der Waals surface area (Å²) in [6, 6.07) is 0. The standard InChI is InChI=1S/2C5H11N.2ClH/c2*1-4-2-5(4)3-6;;/h2*4-5H,2-3,6H2,1H3;2*1H/t2*4-,5+;;/m10../s1. The number of nitrogens with two attached hydrogens (primary N) is 2. The van der Waals surface area contributed by atoms with E-state index in [-0.39, 0.29) is 24.8 Å². The van der Waals surface area contributed by atoms with E-state index in [1.165, 1.54) is 12.8 Å². The van der Waals surface area contributed by atoms with Gasteiger partial charge >= 0.3 is 0 Å². The van der Waals surface area contributed by atoms with Gasteiger partial charge in [0.1, 0.15) is 0 Å². The van der Waals surface area contributed by atoms with E-state index in [2.05, 4.69) is 13.8 Å². The lowest BCUT2D eigenvalue weighted by atomic mass is 10.3. The van der Waals surface area contributed by atoms with E-state index in [9.17, 15) is 0 Å². The average Bonchev–Trinajstić information content (AvgIpc) is 2.92. The van der Waals surface area contributed by atoms with Crippen molar-refractivity contribution in [1.29, 1.82) is 0 Å². The van der Waals surface area contributed by atoms with Crippen LogP contribution in [-0.4, -0.2) is 13.1 Å². The molecular weight excluding hydrogens is 219 g/mol. The van der Waals surface area contributed by atoms with Crippen molar-refractivity contribution < 1.29 is 0 Å². The molecule has 4 atom stereocenters. The summed E-state index contributed by atoms with van der Waals surface area (Å²) in [7, 11) is 0. The lowest BCUT2D eigenvalue weighted by Gasteiger charge is -1.80. The summed E-state index contributed by atoms with van der Waals surface area (Å²) in [5.74, 6) is 3.64. The van der Waals surface area contributed by atoms with Crippen molar-refractivity contribution in [3.05, 3.63) is 0 Å². The molecule has 2 aliphatic rings. The third-order valence-electron chi connectivity index (χ3n) is 3.16. The maximum atomic E-state index is 5.32. The summed E-state index contributed by atoms with van der Waals surface area (Å²) in [4.78, 5) is 0. The number of rotatable bonds is 2. The zero-order chi connectivity index (χ0) is 9.14. The topological polar surface area (TPSA) is 52.0 Å². The summed E-state index contributed by atoms with van der Waals surface area (Å²) in [5.41, 5.74) is 10.6. The summed E-state index contributed by atoms with van der Waals surface area (Å²) in [6.45, 7) is 6.30. The van der Waals surface area contributed by atoms with Crippen molar-refractivity contribution in [2.24, 2.45) is 35.1 Å². The van der Waals surface area contributed by atoms with Crippen LogP contribution >= 0.6 is 24.8 Å². The smallest absolute Gasteiger partial charge is 0.00462 e. The molecule has 2 nitrogen and oxygen atoms in total. The molecule has 2 aliphatic carbocycles. The first-order chi connectivity index (χ1) is 5.69. The molecule has 2 fully saturated rings. The van der Waals surface area contributed by atoms with Gasteiger partial charge in [-0.05, 0) is 49.6 Å². The Morgan fingerprint density at radius 1 is 0.857 bits per heavy atom. The SMILES string of the molecule is C[C@@H]1C[C@H]1CN.C[C@H]1C[C@@H]1CN.Cl.Cl. The summed E-state index contributed by atoms with van der Waals surface area (Å²) in [6.07, 6.45) is 2.74. The first-order valence-corrected chi connectivity index (χ1v) is 5.09. The summed E-state index contributed by atoms with van der Waals surface area (Å²) < 4.78 is 0. The zero-order valence-electron chi connectivity index (χ0n) is 9.11. The number of halogens is 2. The van der Waals surface area contributed by atoms with E-state index >= 15 is 0 Å². The Kier molecular flexibility index (Phi) is 9.36. The molecule has 14 heavy (non-hydrogen) atoms. The van der Waals surface area contributed by atoms with Crippen LogP contribution in [0.5, 0.6) is 0 Å². The Labute approximate surface area is 100 Å². The van der Waals surface area contributed by atoms with Gasteiger partial charge < -0.3 is 11.5 Å². The predicted molar refractivity (Wildman–Crippen MR) is 67.1 cm³/mol. The van der Waals surface area contributed by atoms with Crippen LogP contribution < -0.4 is 11.5 Å². The van der Waals surface area contributed by atoms with Crippen molar-refractivity contribution >= 4 is 24.8 Å². The van der Waals surface area contributed by atoms with E-state index in [4.69, 9.17) is 11.5 Å². The Morgan fingerprint density at radius 2 is 1.07 bits per heavy atom. The minimum absolute atomic E-state index is 0. The van der Waals surface area contributed by atoms with Crippen molar-refractivity contribution in [3.8, 4) is 0 Å². The molecule has 0 unspecified atom stereocenters. The van der Waals surface area contributed by atoms with E-state index in [0.29, 0.717) is 0 Å². The first-order valence-electron chi connectivity index (χ1n) is 5.09. The Morgan fingerprint density at radius 3 is 1.07 bits per heavy atom. The van der Waals surface area contributed by atoms with Crippen LogP contribution in [0.15, 0.2) is 0 Å². The largest absolute Gasteiger partial charge is 0.330 e.